The summed E-state index contributed by atoms with van der Waals surface area (Å²) >= 11 is 0. The Labute approximate surface area is 456 Å². The van der Waals surface area contributed by atoms with Crippen molar-refractivity contribution in [2.75, 3.05) is 13.2 Å². The fraction of sp³-hybridized carbons (Fsp3) is 0.290. The van der Waals surface area contributed by atoms with Gasteiger partial charge in [-0.25, -0.2) is 9.59 Å². The lowest BCUT2D eigenvalue weighted by molar-refractivity contribution is -0.143. The zero-order chi connectivity index (χ0) is 56.6. The number of fused-ring (bicyclic) bond motifs is 2. The molecule has 12 nitrogen and oxygen atoms in total. The van der Waals surface area contributed by atoms with E-state index in [0.29, 0.717) is 24.0 Å². The normalized spacial score (nSPS) is 23.1. The van der Waals surface area contributed by atoms with Crippen molar-refractivity contribution < 1.29 is 84.2 Å². The standard InChI is InChI=1S/2C31H27F3O6/c2*32-31(33,34)22-7-4-8-24(15-22)38-18-23(35)13-14-25-26-16-29(36)39-28(26)17-27(25)40-30(37)21-11-9-20(10-12-21)19-5-2-1-3-6-19/h2*1-15,23,25-28,35H,16-18H2/b2*14-13+/t23-,25+,26+,27+,28-;23-,25-,26-,27-,28+/m01/s1. The summed E-state index contributed by atoms with van der Waals surface area (Å²) in [4.78, 5) is 49.7. The highest BCUT2D eigenvalue weighted by Crippen LogP contribution is 2.45. The van der Waals surface area contributed by atoms with Crippen LogP contribution in [0.5, 0.6) is 11.5 Å². The van der Waals surface area contributed by atoms with Gasteiger partial charge in [0, 0.05) is 36.5 Å². The number of rotatable bonds is 16. The molecule has 2 saturated heterocycles. The fourth-order valence-electron chi connectivity index (χ4n) is 10.4. The molecule has 4 aliphatic rings. The molecule has 10 atom stereocenters. The highest BCUT2D eigenvalue weighted by atomic mass is 19.4. The topological polar surface area (TPSA) is 164 Å². The summed E-state index contributed by atoms with van der Waals surface area (Å²) in [7, 11) is 0. The van der Waals surface area contributed by atoms with Crippen LogP contribution in [-0.2, 0) is 40.9 Å². The summed E-state index contributed by atoms with van der Waals surface area (Å²) in [5.41, 5.74) is 3.03. The quantitative estimate of drug-likeness (QED) is 0.0409. The number of benzene rings is 6. The Morgan fingerprint density at radius 2 is 0.875 bits per heavy atom. The Balaban J connectivity index is 0.000000194. The first kappa shape index (κ1) is 56.5. The van der Waals surface area contributed by atoms with Crippen LogP contribution in [0.4, 0.5) is 26.3 Å². The van der Waals surface area contributed by atoms with E-state index in [1.807, 2.05) is 84.9 Å². The third kappa shape index (κ3) is 14.3. The number of aliphatic hydroxyl groups is 2. The van der Waals surface area contributed by atoms with Gasteiger partial charge in [-0.3, -0.25) is 9.59 Å². The van der Waals surface area contributed by atoms with Crippen LogP contribution < -0.4 is 9.47 Å². The monoisotopic (exact) mass is 1100 g/mol. The molecule has 0 aromatic heterocycles. The number of alkyl halides is 6. The van der Waals surface area contributed by atoms with Gasteiger partial charge < -0.3 is 38.6 Å². The van der Waals surface area contributed by atoms with Crippen LogP contribution in [0.1, 0.15) is 57.5 Å². The molecule has 6 aromatic carbocycles. The molecule has 4 fully saturated rings. The largest absolute Gasteiger partial charge is 0.491 e. The third-order valence-electron chi connectivity index (χ3n) is 14.3. The molecule has 0 radical (unpaired) electrons. The van der Waals surface area contributed by atoms with Gasteiger partial charge >= 0.3 is 36.2 Å². The number of ether oxygens (including phenoxy) is 6. The number of hydrogen-bond donors (Lipinski definition) is 2. The van der Waals surface area contributed by atoms with Crippen molar-refractivity contribution in [1.82, 2.24) is 0 Å². The molecule has 10 rings (SSSR count). The minimum absolute atomic E-state index is 0.0249. The van der Waals surface area contributed by atoms with Gasteiger partial charge in [-0.15, -0.1) is 0 Å². The van der Waals surface area contributed by atoms with Crippen LogP contribution in [0.2, 0.25) is 0 Å². The minimum Gasteiger partial charge on any atom is -0.491 e. The number of esters is 4. The molecule has 2 heterocycles. The Morgan fingerprint density at radius 1 is 0.512 bits per heavy atom. The Bertz CT molecular complexity index is 2950. The van der Waals surface area contributed by atoms with Crippen LogP contribution in [0.25, 0.3) is 22.3 Å². The number of aliphatic hydroxyl groups excluding tert-OH is 2. The Morgan fingerprint density at radius 3 is 1.24 bits per heavy atom. The summed E-state index contributed by atoms with van der Waals surface area (Å²) in [6.07, 6.45) is -6.07. The maximum Gasteiger partial charge on any atom is 0.416 e. The van der Waals surface area contributed by atoms with Crippen LogP contribution in [0.3, 0.4) is 0 Å². The molecule has 0 bridgehead atoms. The van der Waals surface area contributed by atoms with E-state index in [0.717, 1.165) is 46.5 Å². The molecular formula is C62H54F6O12. The van der Waals surface area contributed by atoms with Gasteiger partial charge in [0.1, 0.15) is 61.3 Å². The van der Waals surface area contributed by atoms with E-state index in [1.165, 1.54) is 36.4 Å². The maximum atomic E-state index is 13.0. The highest BCUT2D eigenvalue weighted by molar-refractivity contribution is 5.91. The smallest absolute Gasteiger partial charge is 0.416 e. The van der Waals surface area contributed by atoms with Gasteiger partial charge in [-0.05, 0) is 82.9 Å². The molecule has 2 N–H and O–H groups in total. The van der Waals surface area contributed by atoms with Gasteiger partial charge in [0.2, 0.25) is 0 Å². The first-order chi connectivity index (χ1) is 38.3. The van der Waals surface area contributed by atoms with E-state index in [1.54, 1.807) is 36.4 Å². The Hall–Kier alpha value is -8.22. The van der Waals surface area contributed by atoms with Gasteiger partial charge in [-0.2, -0.15) is 26.3 Å². The van der Waals surface area contributed by atoms with E-state index in [9.17, 15) is 55.7 Å². The molecule has 80 heavy (non-hydrogen) atoms. The molecule has 2 aliphatic carbocycles. The van der Waals surface area contributed by atoms with Crippen molar-refractivity contribution >= 4 is 23.9 Å². The summed E-state index contributed by atoms with van der Waals surface area (Å²) in [5, 5.41) is 20.8. The summed E-state index contributed by atoms with van der Waals surface area (Å²) in [6.45, 7) is -0.571. The van der Waals surface area contributed by atoms with Gasteiger partial charge in [0.15, 0.2) is 0 Å². The van der Waals surface area contributed by atoms with Crippen molar-refractivity contribution in [2.45, 2.75) is 74.7 Å². The van der Waals surface area contributed by atoms with Gasteiger partial charge in [0.25, 0.3) is 0 Å². The van der Waals surface area contributed by atoms with E-state index < -0.39 is 83.9 Å². The zero-order valence-electron chi connectivity index (χ0n) is 42.6. The zero-order valence-corrected chi connectivity index (χ0v) is 42.6. The first-order valence-corrected chi connectivity index (χ1v) is 25.8. The van der Waals surface area contributed by atoms with Gasteiger partial charge in [-0.1, -0.05) is 121 Å². The lowest BCUT2D eigenvalue weighted by atomic mass is 9.91. The third-order valence-corrected chi connectivity index (χ3v) is 14.3. The SMILES string of the molecule is O=C1C[C@@H]2[C@@H](/C=C/[C@@H](O)COc3cccc(C(F)(F)F)c3)[C@H](OC(=O)c3ccc(-c4ccccc4)cc3)C[C@@H]2O1.O=C1C[C@@H]2[C@@H](/C=C/[C@H](O)COc3cccc(C(F)(F)F)c3)[C@H](OC(=O)c3ccc(-c4ccccc4)cc3)C[C@@H]2O1. The second-order valence-electron chi connectivity index (χ2n) is 19.8. The van der Waals surface area contributed by atoms with Crippen LogP contribution >= 0.6 is 0 Å². The van der Waals surface area contributed by atoms with E-state index in [-0.39, 0.29) is 61.3 Å². The van der Waals surface area contributed by atoms with Crippen molar-refractivity contribution in [3.05, 3.63) is 204 Å². The second-order valence-corrected chi connectivity index (χ2v) is 19.8. The maximum absolute atomic E-state index is 13.0. The molecular weight excluding hydrogens is 1050 g/mol. The number of hydrogen-bond acceptors (Lipinski definition) is 12. The predicted molar refractivity (Wildman–Crippen MR) is 279 cm³/mol. The van der Waals surface area contributed by atoms with E-state index in [2.05, 4.69) is 0 Å². The molecule has 416 valence electrons. The molecule has 0 spiro atoms. The molecule has 0 amide bonds. The van der Waals surface area contributed by atoms with Crippen LogP contribution in [-0.4, -0.2) is 83.9 Å². The second kappa shape index (κ2) is 24.8. The van der Waals surface area contributed by atoms with Crippen LogP contribution in [0, 0.1) is 23.7 Å². The molecule has 6 aromatic rings. The summed E-state index contributed by atoms with van der Waals surface area (Å²) < 4.78 is 111. The van der Waals surface area contributed by atoms with E-state index in [4.69, 9.17) is 28.4 Å². The summed E-state index contributed by atoms with van der Waals surface area (Å²) in [5.74, 6) is -2.97. The van der Waals surface area contributed by atoms with Gasteiger partial charge in [0.05, 0.1) is 35.1 Å². The number of halogens is 6. The number of carbonyl (C=O) groups excluding carboxylic acids is 4. The van der Waals surface area contributed by atoms with Crippen LogP contribution in [0.15, 0.2) is 182 Å². The van der Waals surface area contributed by atoms with Crippen molar-refractivity contribution in [1.29, 1.82) is 0 Å². The lowest BCUT2D eigenvalue weighted by Gasteiger charge is -2.21. The molecule has 18 heteroatoms. The lowest BCUT2D eigenvalue weighted by Crippen LogP contribution is -2.25. The average molecular weight is 1110 g/mol. The summed E-state index contributed by atoms with van der Waals surface area (Å²) in [6, 6.07) is 42.4. The highest BCUT2D eigenvalue weighted by Gasteiger charge is 2.52. The number of carbonyl (C=O) groups is 4. The van der Waals surface area contributed by atoms with E-state index >= 15 is 0 Å². The average Bonchev–Trinajstić information content (AvgIpc) is 4.22. The van der Waals surface area contributed by atoms with Crippen molar-refractivity contribution in [2.24, 2.45) is 23.7 Å². The van der Waals surface area contributed by atoms with Crippen molar-refractivity contribution in [3.8, 4) is 33.8 Å². The molecule has 0 unspecified atom stereocenters. The fourth-order valence-corrected chi connectivity index (χ4v) is 10.4. The predicted octanol–water partition coefficient (Wildman–Crippen LogP) is 11.7. The minimum atomic E-state index is -4.51. The molecule has 2 saturated carbocycles. The first-order valence-electron chi connectivity index (χ1n) is 25.8. The van der Waals surface area contributed by atoms with Crippen molar-refractivity contribution in [3.63, 3.8) is 0 Å². The molecule has 2 aliphatic heterocycles. The Kier molecular flexibility index (Phi) is 17.5.